The Balaban J connectivity index is 3.17. The molecule has 0 aliphatic rings. The smallest absolute Gasteiger partial charge is 0.328 e. The molecule has 43 heavy (non-hydrogen) atoms. The summed E-state index contributed by atoms with van der Waals surface area (Å²) in [5.41, 5.74) is -0.196. The summed E-state index contributed by atoms with van der Waals surface area (Å²) in [5.74, 6) is 0. The second kappa shape index (κ2) is 13.0. The zero-order valence-electron chi connectivity index (χ0n) is 27.9. The number of hydrogen-bond acceptors (Lipinski definition) is 8. The first-order chi connectivity index (χ1) is 19.3. The van der Waals surface area contributed by atoms with Gasteiger partial charge in [0.2, 0.25) is 8.38 Å². The monoisotopic (exact) mass is 640 g/mol. The Morgan fingerprint density at radius 1 is 0.605 bits per heavy atom. The minimum absolute atomic E-state index is 0.130. The van der Waals surface area contributed by atoms with Gasteiger partial charge in [-0.1, -0.05) is 119 Å². The van der Waals surface area contributed by atoms with Crippen LogP contribution in [-0.4, -0.2) is 48.1 Å². The molecule has 2 rings (SSSR count). The van der Waals surface area contributed by atoms with Crippen LogP contribution < -0.4 is 0 Å². The molecular weight excluding hydrogens is 586 g/mol. The highest BCUT2D eigenvalue weighted by Gasteiger charge is 2.65. The van der Waals surface area contributed by atoms with Crippen LogP contribution in [0.3, 0.4) is 0 Å². The molecule has 2 aromatic carbocycles. The largest absolute Gasteiger partial charge is 0.395 e. The summed E-state index contributed by atoms with van der Waals surface area (Å²) in [7, 11) is -6.63. The van der Waals surface area contributed by atoms with Crippen LogP contribution in [0.1, 0.15) is 123 Å². The van der Waals surface area contributed by atoms with Gasteiger partial charge in [-0.3, -0.25) is 4.52 Å². The van der Waals surface area contributed by atoms with Gasteiger partial charge in [-0.2, -0.15) is 0 Å². The fraction of sp³-hybridized carbons (Fsp3) is 0.636. The second-order valence-corrected chi connectivity index (χ2v) is 17.6. The topological polar surface area (TPSA) is 151 Å². The Hall–Kier alpha value is -1.02. The Morgan fingerprint density at radius 3 is 1.37 bits per heavy atom. The highest BCUT2D eigenvalue weighted by atomic mass is 31.2. The fourth-order valence-corrected chi connectivity index (χ4v) is 7.73. The highest BCUT2D eigenvalue weighted by Crippen LogP contribution is 2.69. The maximum atomic E-state index is 12.3. The summed E-state index contributed by atoms with van der Waals surface area (Å²) in [6.07, 6.45) is -1.74. The quantitative estimate of drug-likeness (QED) is 0.159. The molecule has 0 aromatic heterocycles. The van der Waals surface area contributed by atoms with Gasteiger partial charge in [0, 0.05) is 0 Å². The lowest BCUT2D eigenvalue weighted by atomic mass is 9.67. The van der Waals surface area contributed by atoms with E-state index in [4.69, 9.17) is 4.52 Å². The average molecular weight is 641 g/mol. The van der Waals surface area contributed by atoms with Gasteiger partial charge in [0.05, 0.1) is 24.7 Å². The molecule has 0 bridgehead atoms. The van der Waals surface area contributed by atoms with Gasteiger partial charge in [0.25, 0.3) is 0 Å². The van der Waals surface area contributed by atoms with Crippen LogP contribution in [0.5, 0.6) is 0 Å². The lowest BCUT2D eigenvalue weighted by Gasteiger charge is -2.52. The lowest BCUT2D eigenvalue weighted by Crippen LogP contribution is -2.55. The van der Waals surface area contributed by atoms with Gasteiger partial charge in [-0.15, -0.1) is 0 Å². The first kappa shape index (κ1) is 38.2. The van der Waals surface area contributed by atoms with Crippen LogP contribution in [0.15, 0.2) is 36.4 Å². The zero-order valence-corrected chi connectivity index (χ0v) is 29.7. The van der Waals surface area contributed by atoms with Gasteiger partial charge < -0.3 is 34.9 Å². The molecular formula is C33H54O8P2. The molecule has 7 N–H and O–H groups in total. The van der Waals surface area contributed by atoms with Crippen molar-refractivity contribution in [2.45, 2.75) is 116 Å². The Kier molecular flexibility index (Phi) is 11.5. The average Bonchev–Trinajstić information content (AvgIpc) is 2.85. The molecule has 2 atom stereocenters. The van der Waals surface area contributed by atoms with E-state index in [0.717, 1.165) is 16.7 Å². The summed E-state index contributed by atoms with van der Waals surface area (Å²) < 4.78 is 5.76. The van der Waals surface area contributed by atoms with Crippen molar-refractivity contribution in [1.82, 2.24) is 0 Å². The molecule has 0 saturated heterocycles. The fourth-order valence-electron chi connectivity index (χ4n) is 5.63. The van der Waals surface area contributed by atoms with Gasteiger partial charge >= 0.3 is 8.60 Å². The van der Waals surface area contributed by atoms with E-state index >= 15 is 0 Å². The normalized spacial score (nSPS) is 16.1. The van der Waals surface area contributed by atoms with Gasteiger partial charge in [-0.05, 0) is 55.0 Å². The number of benzene rings is 2. The minimum Gasteiger partial charge on any atom is -0.395 e. The number of rotatable bonds is 9. The van der Waals surface area contributed by atoms with Crippen LogP contribution in [-0.2, 0) is 31.5 Å². The predicted molar refractivity (Wildman–Crippen MR) is 175 cm³/mol. The van der Waals surface area contributed by atoms with E-state index in [2.05, 4.69) is 20.8 Å². The molecule has 0 spiro atoms. The van der Waals surface area contributed by atoms with E-state index in [0.29, 0.717) is 11.1 Å². The zero-order chi connectivity index (χ0) is 33.6. The van der Waals surface area contributed by atoms with E-state index in [1.165, 1.54) is 0 Å². The van der Waals surface area contributed by atoms with Crippen LogP contribution in [0, 0.1) is 5.41 Å². The molecule has 0 radical (unpaired) electrons. The number of hydrogen-bond donors (Lipinski definition) is 7. The molecule has 0 amide bonds. The standard InChI is InChI=1S/C33H54O8P2/c1-28(2,3)21-13-15-23(25(17-21)30(7,8)9)27(36)32(19-34,20-35)33(42(37)38,41-43(39)40)24-16-14-22(29(4,5)6)18-26(24)31(10,11)12/h13-18,27,34-40H,19-20H2,1-12H3. The van der Waals surface area contributed by atoms with Crippen LogP contribution >= 0.6 is 17.0 Å². The van der Waals surface area contributed by atoms with E-state index in [1.54, 1.807) is 18.2 Å². The maximum Gasteiger partial charge on any atom is 0.328 e. The van der Waals surface area contributed by atoms with Crippen molar-refractivity contribution < 1.29 is 39.4 Å². The highest BCUT2D eigenvalue weighted by molar-refractivity contribution is 7.47. The molecule has 0 fully saturated rings. The maximum absolute atomic E-state index is 12.3. The van der Waals surface area contributed by atoms with Crippen molar-refractivity contribution in [3.8, 4) is 0 Å². The van der Waals surface area contributed by atoms with Gasteiger partial charge in [0.1, 0.15) is 0 Å². The third-order valence-corrected chi connectivity index (χ3v) is 10.3. The van der Waals surface area contributed by atoms with Crippen LogP contribution in [0.25, 0.3) is 0 Å². The molecule has 2 aromatic rings. The summed E-state index contributed by atoms with van der Waals surface area (Å²) in [6.45, 7) is 22.0. The number of aliphatic hydroxyl groups excluding tert-OH is 3. The molecule has 8 nitrogen and oxygen atoms in total. The third-order valence-electron chi connectivity index (χ3n) is 8.34. The van der Waals surface area contributed by atoms with Crippen LogP contribution in [0.2, 0.25) is 0 Å². The molecule has 0 aliphatic carbocycles. The van der Waals surface area contributed by atoms with Crippen molar-refractivity contribution in [2.75, 3.05) is 13.2 Å². The first-order valence-electron chi connectivity index (χ1n) is 14.6. The van der Waals surface area contributed by atoms with Crippen molar-refractivity contribution in [3.05, 3.63) is 69.8 Å². The molecule has 2 unspecified atom stereocenters. The van der Waals surface area contributed by atoms with E-state index in [1.807, 2.05) is 80.5 Å². The summed E-state index contributed by atoms with van der Waals surface area (Å²) in [4.78, 5) is 43.3. The molecule has 244 valence electrons. The van der Waals surface area contributed by atoms with Crippen molar-refractivity contribution in [2.24, 2.45) is 5.41 Å². The molecule has 0 aliphatic heterocycles. The van der Waals surface area contributed by atoms with Crippen molar-refractivity contribution in [3.63, 3.8) is 0 Å². The first-order valence-corrected chi connectivity index (χ1v) is 17.0. The summed E-state index contributed by atoms with van der Waals surface area (Å²) in [5, 5.41) is 32.1. The van der Waals surface area contributed by atoms with E-state index in [-0.39, 0.29) is 16.4 Å². The predicted octanol–water partition coefficient (Wildman–Crippen LogP) is 6.26. The Labute approximate surface area is 260 Å². The van der Waals surface area contributed by atoms with Crippen LogP contribution in [0.4, 0.5) is 0 Å². The van der Waals surface area contributed by atoms with E-state index < -0.39 is 57.9 Å². The number of aliphatic hydroxyl groups is 3. The van der Waals surface area contributed by atoms with Crippen molar-refractivity contribution >= 4 is 17.0 Å². The molecule has 10 heteroatoms. The van der Waals surface area contributed by atoms with E-state index in [9.17, 15) is 34.9 Å². The Morgan fingerprint density at radius 2 is 1.02 bits per heavy atom. The summed E-state index contributed by atoms with van der Waals surface area (Å²) >= 11 is 0. The van der Waals surface area contributed by atoms with Crippen molar-refractivity contribution in [1.29, 1.82) is 0 Å². The van der Waals surface area contributed by atoms with Gasteiger partial charge in [0.15, 0.2) is 5.34 Å². The summed E-state index contributed by atoms with van der Waals surface area (Å²) in [6, 6.07) is 10.9. The van der Waals surface area contributed by atoms with Gasteiger partial charge in [-0.25, -0.2) is 0 Å². The molecule has 0 saturated carbocycles. The third kappa shape index (κ3) is 7.52. The lowest BCUT2D eigenvalue weighted by molar-refractivity contribution is -0.149. The Bertz CT molecular complexity index is 1250. The molecule has 0 heterocycles. The minimum atomic E-state index is -3.35. The second-order valence-electron chi connectivity index (χ2n) is 15.7. The SMILES string of the molecule is CC(C)(C)c1ccc(C(O)C(CO)(CO)C(OP(O)O)(c2ccc(C(C)(C)C)cc2C(C)(C)C)P(O)O)c(C(C)(C)C)c1.